The van der Waals surface area contributed by atoms with Crippen LogP contribution in [-0.4, -0.2) is 45.3 Å². The van der Waals surface area contributed by atoms with Gasteiger partial charge in [0.05, 0.1) is 6.20 Å². The predicted molar refractivity (Wildman–Crippen MR) is 119 cm³/mol. The first-order valence-corrected chi connectivity index (χ1v) is 11.8. The van der Waals surface area contributed by atoms with E-state index < -0.39 is 0 Å². The van der Waals surface area contributed by atoms with Crippen LogP contribution in [0.1, 0.15) is 69.7 Å². The zero-order valence-electron chi connectivity index (χ0n) is 18.5. The van der Waals surface area contributed by atoms with Crippen molar-refractivity contribution in [3.05, 3.63) is 29.3 Å². The van der Waals surface area contributed by atoms with Crippen molar-refractivity contribution in [2.45, 2.75) is 77.4 Å². The minimum atomic E-state index is -0.336. The molecular weight excluding hydrogens is 379 g/mol. The highest BCUT2D eigenvalue weighted by Gasteiger charge is 2.32. The van der Waals surface area contributed by atoms with E-state index in [1.165, 1.54) is 31.9 Å². The summed E-state index contributed by atoms with van der Waals surface area (Å²) >= 11 is 0. The molecule has 6 heteroatoms. The van der Waals surface area contributed by atoms with E-state index in [2.05, 4.69) is 28.3 Å². The SMILES string of the molecule is CC(C)[C@H]1CC[C@@H](N2CCC(n3c(CCO)c(CN)c4cc(F)cnc43)CC2)CC1. The number of likely N-dealkylation sites (tertiary alicyclic amines) is 1. The van der Waals surface area contributed by atoms with Gasteiger partial charge in [-0.15, -0.1) is 0 Å². The van der Waals surface area contributed by atoms with Crippen LogP contribution in [0.5, 0.6) is 0 Å². The highest BCUT2D eigenvalue weighted by atomic mass is 19.1. The fraction of sp³-hybridized carbons (Fsp3) is 0.708. The molecular formula is C24H37FN4O. The van der Waals surface area contributed by atoms with Crippen LogP contribution < -0.4 is 5.73 Å². The van der Waals surface area contributed by atoms with Crippen molar-refractivity contribution in [3.63, 3.8) is 0 Å². The molecule has 1 aliphatic carbocycles. The Hall–Kier alpha value is -1.50. The Morgan fingerprint density at radius 3 is 2.43 bits per heavy atom. The van der Waals surface area contributed by atoms with E-state index in [-0.39, 0.29) is 12.4 Å². The molecule has 3 N–H and O–H groups in total. The molecule has 0 radical (unpaired) electrons. The number of piperidine rings is 1. The summed E-state index contributed by atoms with van der Waals surface area (Å²) in [5.74, 6) is 1.36. The number of halogens is 1. The van der Waals surface area contributed by atoms with Crippen LogP contribution in [0.25, 0.3) is 11.0 Å². The van der Waals surface area contributed by atoms with E-state index in [0.29, 0.717) is 19.0 Å². The Labute approximate surface area is 179 Å². The van der Waals surface area contributed by atoms with E-state index in [1.807, 2.05) is 0 Å². The molecule has 1 aliphatic heterocycles. The summed E-state index contributed by atoms with van der Waals surface area (Å²) in [6.07, 6.45) is 9.33. The van der Waals surface area contributed by atoms with Gasteiger partial charge in [0, 0.05) is 55.8 Å². The van der Waals surface area contributed by atoms with Crippen molar-refractivity contribution in [1.29, 1.82) is 0 Å². The molecule has 0 spiro atoms. The topological polar surface area (TPSA) is 67.3 Å². The molecule has 1 saturated carbocycles. The van der Waals surface area contributed by atoms with Crippen LogP contribution >= 0.6 is 0 Å². The maximum Gasteiger partial charge on any atom is 0.142 e. The van der Waals surface area contributed by atoms with Crippen molar-refractivity contribution in [3.8, 4) is 0 Å². The van der Waals surface area contributed by atoms with Gasteiger partial charge in [-0.2, -0.15) is 0 Å². The molecule has 2 fully saturated rings. The smallest absolute Gasteiger partial charge is 0.142 e. The van der Waals surface area contributed by atoms with Crippen molar-refractivity contribution in [1.82, 2.24) is 14.5 Å². The second-order valence-corrected chi connectivity index (χ2v) is 9.58. The fourth-order valence-electron chi connectivity index (χ4n) is 5.92. The molecule has 2 aromatic rings. The van der Waals surface area contributed by atoms with Gasteiger partial charge in [-0.25, -0.2) is 9.37 Å². The van der Waals surface area contributed by atoms with Crippen LogP contribution in [0, 0.1) is 17.7 Å². The number of aliphatic hydroxyl groups excluding tert-OH is 1. The lowest BCUT2D eigenvalue weighted by atomic mass is 9.79. The summed E-state index contributed by atoms with van der Waals surface area (Å²) in [7, 11) is 0. The summed E-state index contributed by atoms with van der Waals surface area (Å²) in [6.45, 7) is 7.30. The predicted octanol–water partition coefficient (Wildman–Crippen LogP) is 4.02. The van der Waals surface area contributed by atoms with Gasteiger partial charge >= 0.3 is 0 Å². The maximum absolute atomic E-state index is 13.9. The van der Waals surface area contributed by atoms with Crippen LogP contribution in [0.3, 0.4) is 0 Å². The lowest BCUT2D eigenvalue weighted by molar-refractivity contribution is 0.0887. The number of aromatic nitrogens is 2. The molecule has 0 bridgehead atoms. The van der Waals surface area contributed by atoms with E-state index >= 15 is 0 Å². The highest BCUT2D eigenvalue weighted by Crippen LogP contribution is 2.37. The Morgan fingerprint density at radius 2 is 1.83 bits per heavy atom. The van der Waals surface area contributed by atoms with Gasteiger partial charge in [-0.05, 0) is 62.0 Å². The third kappa shape index (κ3) is 4.14. The van der Waals surface area contributed by atoms with Gasteiger partial charge < -0.3 is 20.3 Å². The Kier molecular flexibility index (Phi) is 6.75. The molecule has 2 aromatic heterocycles. The Bertz CT molecular complexity index is 848. The van der Waals surface area contributed by atoms with E-state index in [9.17, 15) is 9.50 Å². The summed E-state index contributed by atoms with van der Waals surface area (Å²) < 4.78 is 16.2. The average molecular weight is 417 g/mol. The van der Waals surface area contributed by atoms with Gasteiger partial charge in [0.1, 0.15) is 11.5 Å². The fourth-order valence-corrected chi connectivity index (χ4v) is 5.92. The lowest BCUT2D eigenvalue weighted by Crippen LogP contribution is -2.44. The quantitative estimate of drug-likeness (QED) is 0.746. The van der Waals surface area contributed by atoms with E-state index in [4.69, 9.17) is 5.73 Å². The number of nitrogens with zero attached hydrogens (tertiary/aromatic N) is 3. The van der Waals surface area contributed by atoms with Crippen LogP contribution in [0.4, 0.5) is 4.39 Å². The van der Waals surface area contributed by atoms with Gasteiger partial charge in [0.25, 0.3) is 0 Å². The van der Waals surface area contributed by atoms with Gasteiger partial charge in [-0.1, -0.05) is 13.8 Å². The molecule has 1 saturated heterocycles. The largest absolute Gasteiger partial charge is 0.396 e. The zero-order chi connectivity index (χ0) is 21.3. The third-order valence-corrected chi connectivity index (χ3v) is 7.64. The Balaban J connectivity index is 1.51. The summed E-state index contributed by atoms with van der Waals surface area (Å²) in [4.78, 5) is 7.13. The van der Waals surface area contributed by atoms with E-state index in [0.717, 1.165) is 66.1 Å². The minimum absolute atomic E-state index is 0.0593. The van der Waals surface area contributed by atoms with Crippen molar-refractivity contribution < 1.29 is 9.50 Å². The average Bonchev–Trinajstić information content (AvgIpc) is 3.06. The first-order valence-electron chi connectivity index (χ1n) is 11.8. The van der Waals surface area contributed by atoms with Crippen LogP contribution in [-0.2, 0) is 13.0 Å². The first-order chi connectivity index (χ1) is 14.5. The highest BCUT2D eigenvalue weighted by molar-refractivity contribution is 5.82. The summed E-state index contributed by atoms with van der Waals surface area (Å²) in [5.41, 5.74) is 8.82. The van der Waals surface area contributed by atoms with Crippen molar-refractivity contribution >= 4 is 11.0 Å². The molecule has 0 unspecified atom stereocenters. The van der Waals surface area contributed by atoms with Crippen molar-refractivity contribution in [2.75, 3.05) is 19.7 Å². The monoisotopic (exact) mass is 416 g/mol. The summed E-state index contributed by atoms with van der Waals surface area (Å²) in [6, 6.07) is 2.60. The molecule has 4 rings (SSSR count). The molecule has 3 heterocycles. The molecule has 30 heavy (non-hydrogen) atoms. The number of aliphatic hydroxyl groups is 1. The molecule has 0 amide bonds. The van der Waals surface area contributed by atoms with Gasteiger partial charge in [-0.3, -0.25) is 0 Å². The number of fused-ring (bicyclic) bond motifs is 1. The number of pyridine rings is 1. The third-order valence-electron chi connectivity index (χ3n) is 7.64. The summed E-state index contributed by atoms with van der Waals surface area (Å²) in [5, 5.41) is 10.5. The van der Waals surface area contributed by atoms with Gasteiger partial charge in [0.15, 0.2) is 0 Å². The molecule has 166 valence electrons. The van der Waals surface area contributed by atoms with Crippen LogP contribution in [0.15, 0.2) is 12.3 Å². The van der Waals surface area contributed by atoms with E-state index in [1.54, 1.807) is 6.07 Å². The molecule has 5 nitrogen and oxygen atoms in total. The first kappa shape index (κ1) is 21.7. The number of hydrogen-bond acceptors (Lipinski definition) is 4. The number of rotatable bonds is 6. The normalized spacial score (nSPS) is 24.2. The lowest BCUT2D eigenvalue weighted by Gasteiger charge is -2.42. The van der Waals surface area contributed by atoms with Gasteiger partial charge in [0.2, 0.25) is 0 Å². The Morgan fingerprint density at radius 1 is 1.13 bits per heavy atom. The molecule has 0 aromatic carbocycles. The second kappa shape index (κ2) is 9.33. The molecule has 0 atom stereocenters. The van der Waals surface area contributed by atoms with Crippen LogP contribution in [0.2, 0.25) is 0 Å². The molecule has 2 aliphatic rings. The standard InChI is InChI=1S/C24H37FN4O/c1-16(2)17-3-5-19(6-4-17)28-10-7-20(8-11-28)29-23(9-12-30)22(14-26)21-13-18(25)15-27-24(21)29/h13,15-17,19-20,30H,3-12,14,26H2,1-2H3/t17-,19+. The minimum Gasteiger partial charge on any atom is -0.396 e. The maximum atomic E-state index is 13.9. The zero-order valence-corrected chi connectivity index (χ0v) is 18.5. The van der Waals surface area contributed by atoms with Crippen molar-refractivity contribution in [2.24, 2.45) is 17.6 Å². The second-order valence-electron chi connectivity index (χ2n) is 9.58. The number of nitrogens with two attached hydrogens (primary N) is 1. The number of hydrogen-bond donors (Lipinski definition) is 2.